The number of furan rings is 1. The van der Waals surface area contributed by atoms with E-state index in [2.05, 4.69) is 4.72 Å². The van der Waals surface area contributed by atoms with Crippen LogP contribution in [0.15, 0.2) is 40.8 Å². The molecule has 0 atom stereocenters. The van der Waals surface area contributed by atoms with Gasteiger partial charge in [-0.3, -0.25) is 9.52 Å². The highest BCUT2D eigenvalue weighted by Crippen LogP contribution is 2.44. The lowest BCUT2D eigenvalue weighted by molar-refractivity contribution is 0.1000. The van der Waals surface area contributed by atoms with Gasteiger partial charge in [0.25, 0.3) is 5.91 Å². The van der Waals surface area contributed by atoms with Crippen molar-refractivity contribution in [3.63, 3.8) is 0 Å². The number of amides is 1. The largest absolute Gasteiger partial charge is 0.458 e. The normalized spacial score (nSPS) is 14.4. The van der Waals surface area contributed by atoms with Crippen LogP contribution >= 0.6 is 0 Å². The number of carbonyl (C=O) groups excluding carboxylic acids is 1. The number of anilines is 1. The van der Waals surface area contributed by atoms with Crippen LogP contribution < -0.4 is 10.5 Å². The van der Waals surface area contributed by atoms with Crippen molar-refractivity contribution < 1.29 is 22.0 Å². The highest BCUT2D eigenvalue weighted by molar-refractivity contribution is 7.92. The lowest BCUT2D eigenvalue weighted by Gasteiger charge is -2.07. The molecular formula is C20H19FN2O4S. The Balaban J connectivity index is 1.90. The first-order chi connectivity index (χ1) is 13.2. The fourth-order valence-electron chi connectivity index (χ4n) is 3.38. The fraction of sp³-hybridized carbons (Fsp3) is 0.250. The summed E-state index contributed by atoms with van der Waals surface area (Å²) in [5.41, 5.74) is 8.08. The quantitative estimate of drug-likeness (QED) is 0.659. The van der Waals surface area contributed by atoms with E-state index in [0.29, 0.717) is 17.1 Å². The van der Waals surface area contributed by atoms with Crippen molar-refractivity contribution in [3.05, 3.63) is 64.7 Å². The number of sulfonamides is 1. The second-order valence-corrected chi connectivity index (χ2v) is 8.91. The minimum absolute atomic E-state index is 0.221. The van der Waals surface area contributed by atoms with Crippen molar-refractivity contribution in [2.75, 3.05) is 11.0 Å². The van der Waals surface area contributed by atoms with Gasteiger partial charge in [-0.1, -0.05) is 12.1 Å². The molecule has 1 saturated carbocycles. The SMILES string of the molecule is CS(=O)(=O)Nc1cc(C2CC2)cc2c(C(N)=O)c(Cc3ccc(F)cc3)oc12. The summed E-state index contributed by atoms with van der Waals surface area (Å²) in [4.78, 5) is 12.2. The molecule has 0 spiro atoms. The van der Waals surface area contributed by atoms with Crippen LogP contribution in [0.2, 0.25) is 0 Å². The number of nitrogens with two attached hydrogens (primary N) is 1. The van der Waals surface area contributed by atoms with Gasteiger partial charge in [-0.2, -0.15) is 0 Å². The molecule has 28 heavy (non-hydrogen) atoms. The standard InChI is InChI=1S/C20H19FN2O4S/c1-28(25,26)23-16-10-13(12-4-5-12)9-15-18(20(22)24)17(27-19(15)16)8-11-2-6-14(21)7-3-11/h2-3,6-7,9-10,12,23H,4-5,8H2,1H3,(H2,22,24). The van der Waals surface area contributed by atoms with Gasteiger partial charge in [0.05, 0.1) is 17.5 Å². The Kier molecular flexibility index (Phi) is 4.38. The Morgan fingerprint density at radius 3 is 2.50 bits per heavy atom. The van der Waals surface area contributed by atoms with Gasteiger partial charge in [-0.15, -0.1) is 0 Å². The lowest BCUT2D eigenvalue weighted by atomic mass is 10.0. The van der Waals surface area contributed by atoms with Crippen molar-refractivity contribution in [2.45, 2.75) is 25.2 Å². The maximum Gasteiger partial charge on any atom is 0.252 e. The third-order valence-corrected chi connectivity index (χ3v) is 5.34. The van der Waals surface area contributed by atoms with Gasteiger partial charge < -0.3 is 10.2 Å². The number of fused-ring (bicyclic) bond motifs is 1. The van der Waals surface area contributed by atoms with E-state index in [1.54, 1.807) is 18.2 Å². The minimum atomic E-state index is -3.55. The van der Waals surface area contributed by atoms with E-state index in [4.69, 9.17) is 10.2 Å². The zero-order valence-corrected chi connectivity index (χ0v) is 16.0. The highest BCUT2D eigenvalue weighted by atomic mass is 32.2. The van der Waals surface area contributed by atoms with Crippen molar-refractivity contribution in [1.82, 2.24) is 0 Å². The van der Waals surface area contributed by atoms with Gasteiger partial charge in [0.2, 0.25) is 10.0 Å². The molecule has 0 saturated heterocycles. The van der Waals surface area contributed by atoms with Gasteiger partial charge >= 0.3 is 0 Å². The lowest BCUT2D eigenvalue weighted by Crippen LogP contribution is -2.13. The molecule has 1 aromatic heterocycles. The highest BCUT2D eigenvalue weighted by Gasteiger charge is 2.28. The summed E-state index contributed by atoms with van der Waals surface area (Å²) in [7, 11) is -3.55. The van der Waals surface area contributed by atoms with Gasteiger partial charge in [-0.25, -0.2) is 12.8 Å². The Morgan fingerprint density at radius 2 is 1.93 bits per heavy atom. The average Bonchev–Trinajstić information content (AvgIpc) is 3.37. The number of hydrogen-bond donors (Lipinski definition) is 2. The van der Waals surface area contributed by atoms with Crippen molar-refractivity contribution in [1.29, 1.82) is 0 Å². The molecule has 3 aromatic rings. The second kappa shape index (κ2) is 6.63. The van der Waals surface area contributed by atoms with E-state index in [1.165, 1.54) is 12.1 Å². The van der Waals surface area contributed by atoms with Gasteiger partial charge in [0.15, 0.2) is 5.58 Å². The zero-order chi connectivity index (χ0) is 20.1. The van der Waals surface area contributed by atoms with Crippen LogP contribution in [0.25, 0.3) is 11.0 Å². The number of carbonyl (C=O) groups is 1. The Bertz CT molecular complexity index is 1180. The molecule has 1 fully saturated rings. The first-order valence-corrected chi connectivity index (χ1v) is 10.7. The molecule has 0 radical (unpaired) electrons. The van der Waals surface area contributed by atoms with Crippen LogP contribution in [0.3, 0.4) is 0 Å². The maximum absolute atomic E-state index is 13.2. The zero-order valence-electron chi connectivity index (χ0n) is 15.2. The van der Waals surface area contributed by atoms with E-state index < -0.39 is 15.9 Å². The summed E-state index contributed by atoms with van der Waals surface area (Å²) < 4.78 is 45.2. The second-order valence-electron chi connectivity index (χ2n) is 7.16. The molecule has 0 bridgehead atoms. The van der Waals surface area contributed by atoms with Gasteiger partial charge in [0.1, 0.15) is 11.6 Å². The Labute approximate surface area is 161 Å². The summed E-state index contributed by atoms with van der Waals surface area (Å²) in [6.45, 7) is 0. The third-order valence-electron chi connectivity index (χ3n) is 4.75. The molecule has 1 aliphatic carbocycles. The summed E-state index contributed by atoms with van der Waals surface area (Å²) in [6.07, 6.45) is 3.30. The smallest absolute Gasteiger partial charge is 0.252 e. The molecule has 0 aliphatic heterocycles. The number of halogens is 1. The number of hydrogen-bond acceptors (Lipinski definition) is 4. The topological polar surface area (TPSA) is 102 Å². The van der Waals surface area contributed by atoms with Crippen molar-refractivity contribution in [2.24, 2.45) is 5.73 Å². The van der Waals surface area contributed by atoms with Crippen LogP contribution in [0.5, 0.6) is 0 Å². The molecule has 3 N–H and O–H groups in total. The average molecular weight is 402 g/mol. The molecule has 1 heterocycles. The maximum atomic E-state index is 13.2. The summed E-state index contributed by atoms with van der Waals surface area (Å²) >= 11 is 0. The molecular weight excluding hydrogens is 383 g/mol. The van der Waals surface area contributed by atoms with E-state index in [9.17, 15) is 17.6 Å². The fourth-order valence-corrected chi connectivity index (χ4v) is 3.93. The molecule has 2 aromatic carbocycles. The molecule has 1 aliphatic rings. The summed E-state index contributed by atoms with van der Waals surface area (Å²) in [5, 5.41) is 0.486. The van der Waals surface area contributed by atoms with Crippen LogP contribution in [0, 0.1) is 5.82 Å². The third kappa shape index (κ3) is 3.73. The van der Waals surface area contributed by atoms with Crippen LogP contribution in [-0.2, 0) is 16.4 Å². The molecule has 146 valence electrons. The first-order valence-electron chi connectivity index (χ1n) is 8.82. The number of benzene rings is 2. The van der Waals surface area contributed by atoms with Crippen LogP contribution in [0.1, 0.15) is 46.0 Å². The van der Waals surface area contributed by atoms with Crippen molar-refractivity contribution >= 4 is 32.6 Å². The number of primary amides is 1. The predicted molar refractivity (Wildman–Crippen MR) is 104 cm³/mol. The molecule has 4 rings (SSSR count). The number of rotatable bonds is 6. The van der Waals surface area contributed by atoms with Gasteiger partial charge in [-0.05, 0) is 54.2 Å². The monoisotopic (exact) mass is 402 g/mol. The minimum Gasteiger partial charge on any atom is -0.458 e. The van der Waals surface area contributed by atoms with Gasteiger partial charge in [0, 0.05) is 11.8 Å². The molecule has 0 unspecified atom stereocenters. The summed E-state index contributed by atoms with van der Waals surface area (Å²) in [5.74, 6) is -0.370. The molecule has 8 heteroatoms. The Hall–Kier alpha value is -2.87. The first kappa shape index (κ1) is 18.5. The predicted octanol–water partition coefficient (Wildman–Crippen LogP) is 3.51. The van der Waals surface area contributed by atoms with Crippen molar-refractivity contribution in [3.8, 4) is 0 Å². The van der Waals surface area contributed by atoms with E-state index >= 15 is 0 Å². The molecule has 6 nitrogen and oxygen atoms in total. The summed E-state index contributed by atoms with van der Waals surface area (Å²) in [6, 6.07) is 9.43. The Morgan fingerprint density at radius 1 is 1.25 bits per heavy atom. The van der Waals surface area contributed by atoms with E-state index in [0.717, 1.165) is 30.2 Å². The van der Waals surface area contributed by atoms with E-state index in [1.807, 2.05) is 6.07 Å². The van der Waals surface area contributed by atoms with Crippen LogP contribution in [0.4, 0.5) is 10.1 Å². The van der Waals surface area contributed by atoms with Crippen LogP contribution in [-0.4, -0.2) is 20.6 Å². The molecule has 1 amide bonds. The van der Waals surface area contributed by atoms with E-state index in [-0.39, 0.29) is 29.1 Å². The number of nitrogens with one attached hydrogen (secondary N) is 1.